The molecule has 1 aromatic heterocycles. The number of halogens is 1. The Morgan fingerprint density at radius 2 is 1.75 bits per heavy atom. The fourth-order valence-corrected chi connectivity index (χ4v) is 13.4. The first-order chi connectivity index (χ1) is 27.9. The lowest BCUT2D eigenvalue weighted by Crippen LogP contribution is -2.81. The highest BCUT2D eigenvalue weighted by Crippen LogP contribution is 2.67. The van der Waals surface area contributed by atoms with Gasteiger partial charge in [0.1, 0.15) is 11.2 Å². The number of likely N-dealkylation sites (N-methyl/N-ethyl adjacent to an activating group) is 1. The molecule has 6 aliphatic heterocycles. The maximum atomic E-state index is 13.5. The summed E-state index contributed by atoms with van der Waals surface area (Å²) in [5.41, 5.74) is 2.95. The standard InChI is InChI=1S/C25H32N2O6.C21H24N2O2.ClH/c1-6-23-10-7-12-27-13-11-24(19(23)27)17-9-8-16(31-4)14-18(17)26(3)20(24)25(30,22(29)32-5)21(23)33-15(2)28;1-3-14-10-13-11-21(20(24)25-2)18-16(8-9-23(12-13)19(14)21)15-6-4-5-7-17(15)22-18;/h7-10,14,19-21,30H,6,11-13H2,1-5H3;4-7,10,13,19,22H,3,8-9,11-12H2,1-2H3;1H. The van der Waals surface area contributed by atoms with E-state index in [1.54, 1.807) is 7.11 Å². The Kier molecular flexibility index (Phi) is 10.3. The highest BCUT2D eigenvalue weighted by molar-refractivity contribution is 5.92. The zero-order chi connectivity index (χ0) is 40.9. The number of esters is 3. The highest BCUT2D eigenvalue weighted by atomic mass is 35.5. The van der Waals surface area contributed by atoms with Crippen molar-refractivity contribution in [1.29, 1.82) is 0 Å². The number of hydrogen-bond donors (Lipinski definition) is 2. The summed E-state index contributed by atoms with van der Waals surface area (Å²) in [7, 11) is 6.31. The van der Waals surface area contributed by atoms with Gasteiger partial charge in [0.15, 0.2) is 6.10 Å². The van der Waals surface area contributed by atoms with E-state index >= 15 is 0 Å². The van der Waals surface area contributed by atoms with Crippen LogP contribution in [0.3, 0.4) is 0 Å². The second-order valence-electron chi connectivity index (χ2n) is 17.5. The summed E-state index contributed by atoms with van der Waals surface area (Å²) in [5, 5.41) is 13.7. The first kappa shape index (κ1) is 41.4. The van der Waals surface area contributed by atoms with E-state index in [1.807, 2.05) is 31.0 Å². The first-order valence-electron chi connectivity index (χ1n) is 20.8. The number of para-hydroxylation sites is 1. The van der Waals surface area contributed by atoms with Gasteiger partial charge in [-0.2, -0.15) is 0 Å². The lowest BCUT2D eigenvalue weighted by Gasteiger charge is -2.63. The van der Waals surface area contributed by atoms with E-state index in [2.05, 4.69) is 70.3 Å². The number of nitrogens with one attached hydrogen (secondary N) is 1. The second kappa shape index (κ2) is 14.7. The minimum absolute atomic E-state index is 0. The number of benzene rings is 2. The zero-order valence-electron chi connectivity index (χ0n) is 35.1. The Balaban J connectivity index is 0.000000167. The lowest BCUT2D eigenvalue weighted by atomic mass is 9.47. The van der Waals surface area contributed by atoms with Crippen molar-refractivity contribution in [2.24, 2.45) is 11.3 Å². The van der Waals surface area contributed by atoms with Crippen molar-refractivity contribution >= 4 is 46.9 Å². The Morgan fingerprint density at radius 3 is 2.44 bits per heavy atom. The number of aliphatic hydroxyl groups is 1. The quantitative estimate of drug-likeness (QED) is 0.192. The third-order valence-electron chi connectivity index (χ3n) is 15.2. The molecule has 12 nitrogen and oxygen atoms in total. The van der Waals surface area contributed by atoms with Crippen molar-refractivity contribution in [3.63, 3.8) is 0 Å². The summed E-state index contributed by atoms with van der Waals surface area (Å²) in [6.07, 6.45) is 9.65. The Morgan fingerprint density at radius 1 is 0.983 bits per heavy atom. The van der Waals surface area contributed by atoms with Gasteiger partial charge in [-0.25, -0.2) is 4.79 Å². The molecule has 316 valence electrons. The van der Waals surface area contributed by atoms with Crippen molar-refractivity contribution < 1.29 is 38.4 Å². The van der Waals surface area contributed by atoms with E-state index in [4.69, 9.17) is 18.9 Å². The third-order valence-corrected chi connectivity index (χ3v) is 15.2. The van der Waals surface area contributed by atoms with Crippen LogP contribution in [-0.2, 0) is 45.8 Å². The van der Waals surface area contributed by atoms with Crippen LogP contribution in [0.4, 0.5) is 5.69 Å². The molecule has 2 saturated heterocycles. The predicted octanol–water partition coefficient (Wildman–Crippen LogP) is 5.24. The molecule has 8 aliphatic rings. The van der Waals surface area contributed by atoms with Gasteiger partial charge < -0.3 is 33.9 Å². The number of carbonyl (C=O) groups excluding carboxylic acids is 3. The van der Waals surface area contributed by atoms with Gasteiger partial charge in [0, 0.05) is 78.8 Å². The normalized spacial score (nSPS) is 35.4. The van der Waals surface area contributed by atoms with Gasteiger partial charge in [-0.3, -0.25) is 19.4 Å². The van der Waals surface area contributed by atoms with Gasteiger partial charge in [-0.05, 0) is 67.8 Å². The van der Waals surface area contributed by atoms with Gasteiger partial charge >= 0.3 is 17.9 Å². The summed E-state index contributed by atoms with van der Waals surface area (Å²) in [4.78, 5) is 49.6. The topological polar surface area (TPSA) is 134 Å². The van der Waals surface area contributed by atoms with E-state index in [9.17, 15) is 19.5 Å². The number of piperidine rings is 1. The number of nitrogens with zero attached hydrogens (tertiary/aromatic N) is 3. The molecule has 4 bridgehead atoms. The van der Waals surface area contributed by atoms with Gasteiger partial charge in [0.2, 0.25) is 5.60 Å². The molecule has 11 rings (SSSR count). The zero-order valence-corrected chi connectivity index (χ0v) is 35.9. The van der Waals surface area contributed by atoms with Gasteiger partial charge in [0.25, 0.3) is 0 Å². The van der Waals surface area contributed by atoms with Gasteiger partial charge in [0.05, 0.1) is 33.4 Å². The SMILES string of the molecule is CCC12C=CCN3CCC4(c5ccc(OC)cc5N(C)C4C(O)(C(=O)OC)C1OC(C)=O)C32.CCC1=CC2CN3CCc4c([nH]c5ccccc45)C(C(=O)OC)(C2)C13.Cl. The molecule has 2 N–H and O–H groups in total. The monoisotopic (exact) mass is 828 g/mol. The van der Waals surface area contributed by atoms with E-state index < -0.39 is 45.9 Å². The largest absolute Gasteiger partial charge is 0.497 e. The molecular weight excluding hydrogens is 772 g/mol. The van der Waals surface area contributed by atoms with Crippen LogP contribution in [0.5, 0.6) is 5.75 Å². The number of hydrogen-bond acceptors (Lipinski definition) is 11. The number of aromatic nitrogens is 1. The molecule has 1 spiro atoms. The van der Waals surface area contributed by atoms with Gasteiger partial charge in [-0.1, -0.05) is 61.9 Å². The summed E-state index contributed by atoms with van der Waals surface area (Å²) in [6, 6.07) is 13.8. The molecule has 10 unspecified atom stereocenters. The first-order valence-corrected chi connectivity index (χ1v) is 20.8. The van der Waals surface area contributed by atoms with Crippen LogP contribution in [0.2, 0.25) is 0 Å². The molecule has 0 amide bonds. The molecule has 13 heteroatoms. The number of ether oxygens (including phenoxy) is 4. The smallest absolute Gasteiger partial charge is 0.344 e. The van der Waals surface area contributed by atoms with Crippen molar-refractivity contribution in [2.75, 3.05) is 59.5 Å². The molecule has 3 aromatic rings. The molecule has 0 radical (unpaired) electrons. The van der Waals surface area contributed by atoms with Crippen LogP contribution in [0, 0.1) is 11.3 Å². The highest BCUT2D eigenvalue weighted by Gasteiger charge is 2.80. The molecule has 1 saturated carbocycles. The number of anilines is 1. The lowest BCUT2D eigenvalue weighted by molar-refractivity contribution is -0.228. The maximum absolute atomic E-state index is 13.5. The molecule has 7 heterocycles. The molecule has 59 heavy (non-hydrogen) atoms. The fourth-order valence-electron chi connectivity index (χ4n) is 13.4. The fraction of sp³-hybridized carbons (Fsp3) is 0.543. The van der Waals surface area contributed by atoms with Crippen LogP contribution in [0.15, 0.2) is 66.3 Å². The number of methoxy groups -OCH3 is 3. The summed E-state index contributed by atoms with van der Waals surface area (Å²) in [5.74, 6) is -0.272. The number of rotatable bonds is 6. The second-order valence-corrected chi connectivity index (χ2v) is 17.5. The average molecular weight is 829 g/mol. The van der Waals surface area contributed by atoms with Crippen molar-refractivity contribution in [3.05, 3.63) is 83.1 Å². The summed E-state index contributed by atoms with van der Waals surface area (Å²) >= 11 is 0. The van der Waals surface area contributed by atoms with Crippen LogP contribution in [0.25, 0.3) is 10.9 Å². The minimum atomic E-state index is -2.08. The number of H-pyrrole nitrogens is 1. The van der Waals surface area contributed by atoms with Crippen LogP contribution in [-0.4, -0.2) is 122 Å². The molecule has 2 aliphatic carbocycles. The van der Waals surface area contributed by atoms with E-state index in [0.717, 1.165) is 74.3 Å². The van der Waals surface area contributed by atoms with Crippen LogP contribution < -0.4 is 9.64 Å². The van der Waals surface area contributed by atoms with Crippen molar-refractivity contribution in [1.82, 2.24) is 14.8 Å². The van der Waals surface area contributed by atoms with Crippen molar-refractivity contribution in [3.8, 4) is 5.75 Å². The van der Waals surface area contributed by atoms with E-state index in [0.29, 0.717) is 18.1 Å². The average Bonchev–Trinajstić information content (AvgIpc) is 3.88. The van der Waals surface area contributed by atoms with Crippen molar-refractivity contribution in [2.45, 2.75) is 93.5 Å². The molecule has 3 fully saturated rings. The van der Waals surface area contributed by atoms with Crippen LogP contribution >= 0.6 is 12.4 Å². The summed E-state index contributed by atoms with van der Waals surface area (Å²) < 4.78 is 22.0. The molecule has 10 atom stereocenters. The minimum Gasteiger partial charge on any atom is -0.497 e. The Hall–Kier alpha value is -4.36. The van der Waals surface area contributed by atoms with Gasteiger partial charge in [-0.15, -0.1) is 12.4 Å². The summed E-state index contributed by atoms with van der Waals surface area (Å²) in [6.45, 7) is 9.22. The number of aromatic amines is 1. The Labute approximate surface area is 352 Å². The van der Waals surface area contributed by atoms with E-state index in [-0.39, 0.29) is 30.5 Å². The maximum Gasteiger partial charge on any atom is 0.344 e. The predicted molar refractivity (Wildman–Crippen MR) is 226 cm³/mol. The number of carbonyl (C=O) groups is 3. The third kappa shape index (κ3) is 5.34. The van der Waals surface area contributed by atoms with E-state index in [1.165, 1.54) is 37.7 Å². The Bertz CT molecular complexity index is 2260. The molecule has 2 aromatic carbocycles. The number of fused-ring (bicyclic) bond motifs is 4. The van der Waals surface area contributed by atoms with Crippen LogP contribution in [0.1, 0.15) is 63.3 Å². The molecular formula is C46H57ClN4O8.